The molecule has 1 aromatic rings. The fraction of sp³-hybridized carbons (Fsp3) is 0.538. The van der Waals surface area contributed by atoms with Gasteiger partial charge in [-0.15, -0.1) is 0 Å². The largest absolute Gasteiger partial charge is 0.329 e. The number of hydrogen-bond acceptors (Lipinski definition) is 2. The zero-order chi connectivity index (χ0) is 11.1. The van der Waals surface area contributed by atoms with E-state index in [-0.39, 0.29) is 0 Å². The highest BCUT2D eigenvalue weighted by Crippen LogP contribution is 2.02. The van der Waals surface area contributed by atoms with E-state index in [1.54, 1.807) is 0 Å². The van der Waals surface area contributed by atoms with Gasteiger partial charge in [0.05, 0.1) is 0 Å². The van der Waals surface area contributed by atoms with Crippen molar-refractivity contribution in [1.82, 2.24) is 5.32 Å². The molecular weight excluding hydrogens is 184 g/mol. The van der Waals surface area contributed by atoms with Crippen LogP contribution >= 0.6 is 0 Å². The zero-order valence-electron chi connectivity index (χ0n) is 9.74. The van der Waals surface area contributed by atoms with Gasteiger partial charge in [-0.05, 0) is 24.4 Å². The average Bonchev–Trinajstić information content (AvgIpc) is 2.25. The molecule has 15 heavy (non-hydrogen) atoms. The number of nitrogens with one attached hydrogen (secondary N) is 1. The molecule has 0 aliphatic heterocycles. The van der Waals surface area contributed by atoms with Gasteiger partial charge < -0.3 is 11.1 Å². The van der Waals surface area contributed by atoms with E-state index in [1.807, 2.05) is 6.07 Å². The maximum atomic E-state index is 5.74. The molecule has 0 spiro atoms. The Morgan fingerprint density at radius 3 is 2.40 bits per heavy atom. The lowest BCUT2D eigenvalue weighted by Gasteiger charge is -2.18. The molecular formula is C13H22N2. The standard InChI is InChI=1S/C13H22N2/c1-11(2)10-15-13(9-14)8-12-6-4-3-5-7-12/h3-7,11,13,15H,8-10,14H2,1-2H3. The van der Waals surface area contributed by atoms with Gasteiger partial charge in [-0.3, -0.25) is 0 Å². The molecule has 0 radical (unpaired) electrons. The average molecular weight is 206 g/mol. The lowest BCUT2D eigenvalue weighted by Crippen LogP contribution is -2.39. The summed E-state index contributed by atoms with van der Waals surface area (Å²) in [5.74, 6) is 0.676. The third kappa shape index (κ3) is 4.96. The topological polar surface area (TPSA) is 38.0 Å². The Balaban J connectivity index is 2.40. The van der Waals surface area contributed by atoms with Crippen LogP contribution in [0, 0.1) is 5.92 Å². The van der Waals surface area contributed by atoms with Gasteiger partial charge in [0, 0.05) is 12.6 Å². The minimum atomic E-state index is 0.398. The summed E-state index contributed by atoms with van der Waals surface area (Å²) in [6.45, 7) is 6.16. The predicted molar refractivity (Wildman–Crippen MR) is 65.8 cm³/mol. The Labute approximate surface area is 92.9 Å². The highest BCUT2D eigenvalue weighted by atomic mass is 14.9. The van der Waals surface area contributed by atoms with Crippen molar-refractivity contribution in [3.05, 3.63) is 35.9 Å². The third-order valence-electron chi connectivity index (χ3n) is 2.42. The molecule has 1 rings (SSSR count). The van der Waals surface area contributed by atoms with Crippen molar-refractivity contribution in [3.8, 4) is 0 Å². The van der Waals surface area contributed by atoms with Crippen LogP contribution in [-0.4, -0.2) is 19.1 Å². The Kier molecular flexibility index (Phi) is 5.37. The molecule has 0 amide bonds. The summed E-state index contributed by atoms with van der Waals surface area (Å²) >= 11 is 0. The third-order valence-corrected chi connectivity index (χ3v) is 2.42. The van der Waals surface area contributed by atoms with E-state index in [0.717, 1.165) is 13.0 Å². The van der Waals surface area contributed by atoms with E-state index in [1.165, 1.54) is 5.56 Å². The van der Waals surface area contributed by atoms with Gasteiger partial charge in [-0.25, -0.2) is 0 Å². The Bertz CT molecular complexity index is 256. The van der Waals surface area contributed by atoms with E-state index < -0.39 is 0 Å². The van der Waals surface area contributed by atoms with Crippen molar-refractivity contribution in [3.63, 3.8) is 0 Å². The Morgan fingerprint density at radius 2 is 1.87 bits per heavy atom. The van der Waals surface area contributed by atoms with E-state index in [2.05, 4.69) is 43.4 Å². The van der Waals surface area contributed by atoms with Crippen LogP contribution in [0.4, 0.5) is 0 Å². The summed E-state index contributed by atoms with van der Waals surface area (Å²) in [4.78, 5) is 0. The van der Waals surface area contributed by atoms with Crippen LogP contribution in [0.1, 0.15) is 19.4 Å². The van der Waals surface area contributed by atoms with Gasteiger partial charge in [-0.2, -0.15) is 0 Å². The molecule has 0 bridgehead atoms. The van der Waals surface area contributed by atoms with Crippen molar-refractivity contribution in [1.29, 1.82) is 0 Å². The summed E-state index contributed by atoms with van der Waals surface area (Å²) in [5.41, 5.74) is 7.10. The molecule has 1 atom stereocenters. The first-order valence-electron chi connectivity index (χ1n) is 5.69. The van der Waals surface area contributed by atoms with Gasteiger partial charge in [-0.1, -0.05) is 44.2 Å². The fourth-order valence-electron chi connectivity index (χ4n) is 1.54. The second-order valence-corrected chi connectivity index (χ2v) is 4.42. The first kappa shape index (κ1) is 12.2. The number of nitrogens with two attached hydrogens (primary N) is 1. The van der Waals surface area contributed by atoms with Crippen LogP contribution in [0.2, 0.25) is 0 Å². The quantitative estimate of drug-likeness (QED) is 0.745. The van der Waals surface area contributed by atoms with Crippen LogP contribution in [-0.2, 0) is 6.42 Å². The highest BCUT2D eigenvalue weighted by Gasteiger charge is 2.07. The van der Waals surface area contributed by atoms with Gasteiger partial charge in [0.25, 0.3) is 0 Å². The van der Waals surface area contributed by atoms with Crippen molar-refractivity contribution in [2.75, 3.05) is 13.1 Å². The maximum Gasteiger partial charge on any atom is 0.0230 e. The number of rotatable bonds is 6. The predicted octanol–water partition coefficient (Wildman–Crippen LogP) is 1.80. The van der Waals surface area contributed by atoms with Gasteiger partial charge in [0.1, 0.15) is 0 Å². The Morgan fingerprint density at radius 1 is 1.20 bits per heavy atom. The van der Waals surface area contributed by atoms with Crippen LogP contribution in [0.25, 0.3) is 0 Å². The highest BCUT2D eigenvalue weighted by molar-refractivity contribution is 5.15. The number of hydrogen-bond donors (Lipinski definition) is 2. The molecule has 84 valence electrons. The maximum absolute atomic E-state index is 5.74. The minimum absolute atomic E-state index is 0.398. The van der Waals surface area contributed by atoms with Crippen LogP contribution in [0.15, 0.2) is 30.3 Å². The second kappa shape index (κ2) is 6.59. The van der Waals surface area contributed by atoms with Crippen molar-refractivity contribution >= 4 is 0 Å². The molecule has 0 saturated carbocycles. The zero-order valence-corrected chi connectivity index (χ0v) is 9.74. The molecule has 2 heteroatoms. The first-order valence-corrected chi connectivity index (χ1v) is 5.69. The first-order chi connectivity index (χ1) is 7.22. The normalized spacial score (nSPS) is 13.1. The van der Waals surface area contributed by atoms with E-state index >= 15 is 0 Å². The molecule has 0 aromatic heterocycles. The second-order valence-electron chi connectivity index (χ2n) is 4.42. The summed E-state index contributed by atoms with van der Waals surface area (Å²) in [7, 11) is 0. The van der Waals surface area contributed by atoms with Crippen LogP contribution in [0.5, 0.6) is 0 Å². The minimum Gasteiger partial charge on any atom is -0.329 e. The summed E-state index contributed by atoms with van der Waals surface area (Å²) in [5, 5.41) is 3.49. The molecule has 0 fully saturated rings. The lowest BCUT2D eigenvalue weighted by molar-refractivity contribution is 0.464. The summed E-state index contributed by atoms with van der Waals surface area (Å²) in [6, 6.07) is 10.9. The Hall–Kier alpha value is -0.860. The SMILES string of the molecule is CC(C)CNC(CN)Cc1ccccc1. The lowest BCUT2D eigenvalue weighted by atomic mass is 10.1. The molecule has 1 aromatic carbocycles. The van der Waals surface area contributed by atoms with Crippen LogP contribution in [0.3, 0.4) is 0 Å². The van der Waals surface area contributed by atoms with Gasteiger partial charge in [0.15, 0.2) is 0 Å². The monoisotopic (exact) mass is 206 g/mol. The van der Waals surface area contributed by atoms with E-state index in [9.17, 15) is 0 Å². The van der Waals surface area contributed by atoms with Crippen molar-refractivity contribution in [2.24, 2.45) is 11.7 Å². The molecule has 3 N–H and O–H groups in total. The van der Waals surface area contributed by atoms with Gasteiger partial charge in [0.2, 0.25) is 0 Å². The van der Waals surface area contributed by atoms with Crippen molar-refractivity contribution < 1.29 is 0 Å². The summed E-state index contributed by atoms with van der Waals surface area (Å²) < 4.78 is 0. The smallest absolute Gasteiger partial charge is 0.0230 e. The van der Waals surface area contributed by atoms with Gasteiger partial charge >= 0.3 is 0 Å². The molecule has 2 nitrogen and oxygen atoms in total. The molecule has 0 aliphatic rings. The molecule has 0 saturated heterocycles. The van der Waals surface area contributed by atoms with E-state index in [4.69, 9.17) is 5.73 Å². The van der Waals surface area contributed by atoms with Crippen LogP contribution < -0.4 is 11.1 Å². The molecule has 1 unspecified atom stereocenters. The molecule has 0 aliphatic carbocycles. The fourth-order valence-corrected chi connectivity index (χ4v) is 1.54. The molecule has 0 heterocycles. The van der Waals surface area contributed by atoms with Crippen molar-refractivity contribution in [2.45, 2.75) is 26.3 Å². The summed E-state index contributed by atoms with van der Waals surface area (Å²) in [6.07, 6.45) is 1.02. The number of benzene rings is 1. The van der Waals surface area contributed by atoms with E-state index in [0.29, 0.717) is 18.5 Å².